The van der Waals surface area contributed by atoms with Gasteiger partial charge in [0.25, 0.3) is 0 Å². The molecule has 0 amide bonds. The lowest BCUT2D eigenvalue weighted by Crippen LogP contribution is -2.03. The van der Waals surface area contributed by atoms with Gasteiger partial charge in [0.1, 0.15) is 0 Å². The van der Waals surface area contributed by atoms with Gasteiger partial charge in [0, 0.05) is 0 Å². The zero-order valence-electron chi connectivity index (χ0n) is 9.34. The third-order valence-corrected chi connectivity index (χ3v) is 2.64. The van der Waals surface area contributed by atoms with Gasteiger partial charge in [-0.25, -0.2) is 0 Å². The normalized spacial score (nSPS) is 12.0. The Morgan fingerprint density at radius 3 is 1.43 bits per heavy atom. The van der Waals surface area contributed by atoms with Crippen LogP contribution < -0.4 is 0 Å². The Balaban J connectivity index is 0. The maximum absolute atomic E-state index is 5.12. The second-order valence-corrected chi connectivity index (χ2v) is 7.20. The molecule has 88 valence electrons. The maximum Gasteiger partial charge on any atom is 0.203 e. The minimum atomic E-state index is -1.28. The van der Waals surface area contributed by atoms with Crippen LogP contribution in [0.1, 0.15) is 47.0 Å². The molecule has 0 bridgehead atoms. The number of hydrogen-bond donors (Lipinski definition) is 0. The lowest BCUT2D eigenvalue weighted by molar-refractivity contribution is 0.363. The molecule has 0 spiro atoms. The Morgan fingerprint density at radius 1 is 1.00 bits per heavy atom. The highest BCUT2D eigenvalue weighted by molar-refractivity contribution is 6.69. The first kappa shape index (κ1) is 17.6. The summed E-state index contributed by atoms with van der Waals surface area (Å²) in [5, 5.41) is 0. The van der Waals surface area contributed by atoms with Crippen molar-refractivity contribution < 1.29 is 0 Å². The predicted octanol–water partition coefficient (Wildman–Crippen LogP) is 5.82. The predicted molar refractivity (Wildman–Crippen MR) is 70.0 cm³/mol. The van der Waals surface area contributed by atoms with Crippen LogP contribution >= 0.6 is 46.4 Å². The van der Waals surface area contributed by atoms with Crippen molar-refractivity contribution in [1.29, 1.82) is 0 Å². The number of halogens is 4. The van der Waals surface area contributed by atoms with Gasteiger partial charge in [0.05, 0.1) is 5.88 Å². The lowest BCUT2D eigenvalue weighted by Gasteiger charge is -2.16. The SMILES string of the molecule is CCCCC(C)(C)C.ClCC(Cl)(Cl)Cl. The Labute approximate surface area is 108 Å². The summed E-state index contributed by atoms with van der Waals surface area (Å²) in [6.07, 6.45) is 4.07. The summed E-state index contributed by atoms with van der Waals surface area (Å²) < 4.78 is -1.28. The van der Waals surface area contributed by atoms with E-state index in [1.165, 1.54) is 19.3 Å². The molecule has 14 heavy (non-hydrogen) atoms. The van der Waals surface area contributed by atoms with E-state index >= 15 is 0 Å². The molecule has 0 aromatic heterocycles. The van der Waals surface area contributed by atoms with E-state index in [4.69, 9.17) is 46.4 Å². The van der Waals surface area contributed by atoms with E-state index in [1.807, 2.05) is 0 Å². The first-order valence-electron chi connectivity index (χ1n) is 4.75. The summed E-state index contributed by atoms with van der Waals surface area (Å²) in [5.41, 5.74) is 0.552. The third-order valence-electron chi connectivity index (χ3n) is 1.43. The van der Waals surface area contributed by atoms with E-state index in [9.17, 15) is 0 Å². The largest absolute Gasteiger partial charge is 0.203 e. The molecule has 0 saturated carbocycles. The van der Waals surface area contributed by atoms with Crippen molar-refractivity contribution in [1.82, 2.24) is 0 Å². The van der Waals surface area contributed by atoms with Crippen LogP contribution in [0.25, 0.3) is 0 Å². The van der Waals surface area contributed by atoms with E-state index in [-0.39, 0.29) is 5.88 Å². The average Bonchev–Trinajstić information content (AvgIpc) is 1.99. The lowest BCUT2D eigenvalue weighted by atomic mass is 9.90. The summed E-state index contributed by atoms with van der Waals surface area (Å²) >= 11 is 20.4. The molecule has 0 nitrogen and oxygen atoms in total. The van der Waals surface area contributed by atoms with Gasteiger partial charge in [0.2, 0.25) is 3.79 Å². The van der Waals surface area contributed by atoms with Gasteiger partial charge >= 0.3 is 0 Å². The van der Waals surface area contributed by atoms with Gasteiger partial charge in [-0.05, 0) is 11.8 Å². The highest BCUT2D eigenvalue weighted by Crippen LogP contribution is 2.26. The second kappa shape index (κ2) is 8.33. The Hall–Kier alpha value is 1.16. The van der Waals surface area contributed by atoms with E-state index in [1.54, 1.807) is 0 Å². The third kappa shape index (κ3) is 23.2. The molecule has 0 fully saturated rings. The van der Waals surface area contributed by atoms with Crippen LogP contribution in [0.3, 0.4) is 0 Å². The molecule has 0 aliphatic rings. The fourth-order valence-corrected chi connectivity index (χ4v) is 0.707. The maximum atomic E-state index is 5.12. The Bertz CT molecular complexity index is 121. The topological polar surface area (TPSA) is 0 Å². The van der Waals surface area contributed by atoms with Crippen molar-refractivity contribution >= 4 is 46.4 Å². The zero-order valence-corrected chi connectivity index (χ0v) is 12.4. The van der Waals surface area contributed by atoms with Gasteiger partial charge in [-0.15, -0.1) is 11.6 Å². The highest BCUT2D eigenvalue weighted by atomic mass is 35.6. The van der Waals surface area contributed by atoms with Crippen LogP contribution in [0, 0.1) is 5.41 Å². The minimum absolute atomic E-state index is 0.0394. The van der Waals surface area contributed by atoms with Gasteiger partial charge in [-0.2, -0.15) is 0 Å². The summed E-state index contributed by atoms with van der Waals surface area (Å²) in [4.78, 5) is 0. The van der Waals surface area contributed by atoms with Crippen molar-refractivity contribution in [2.24, 2.45) is 5.41 Å². The first-order valence-corrected chi connectivity index (χ1v) is 6.42. The number of rotatable bonds is 2. The van der Waals surface area contributed by atoms with Crippen LogP contribution in [0.2, 0.25) is 0 Å². The molecule has 0 rings (SSSR count). The van der Waals surface area contributed by atoms with Crippen molar-refractivity contribution in [3.05, 3.63) is 0 Å². The molecule has 0 aromatic rings. The van der Waals surface area contributed by atoms with Gasteiger partial charge in [-0.3, -0.25) is 0 Å². The fourth-order valence-electron chi connectivity index (χ4n) is 0.707. The zero-order chi connectivity index (χ0) is 11.8. The Morgan fingerprint density at radius 2 is 1.36 bits per heavy atom. The molecule has 0 radical (unpaired) electrons. The molecule has 0 atom stereocenters. The molecular formula is C10H20Cl4. The highest BCUT2D eigenvalue weighted by Gasteiger charge is 2.16. The Kier molecular flexibility index (Phi) is 10.4. The second-order valence-electron chi connectivity index (χ2n) is 4.41. The average molecular weight is 282 g/mol. The van der Waals surface area contributed by atoms with Gasteiger partial charge < -0.3 is 0 Å². The number of alkyl halides is 4. The van der Waals surface area contributed by atoms with Crippen LogP contribution in [0.4, 0.5) is 0 Å². The molecule has 0 unspecified atom stereocenters. The number of hydrogen-bond acceptors (Lipinski definition) is 0. The quantitative estimate of drug-likeness (QED) is 0.560. The van der Waals surface area contributed by atoms with E-state index < -0.39 is 3.79 Å². The van der Waals surface area contributed by atoms with Gasteiger partial charge in [0.15, 0.2) is 0 Å². The smallest absolute Gasteiger partial charge is 0.122 e. The molecule has 4 heteroatoms. The van der Waals surface area contributed by atoms with Crippen molar-refractivity contribution in [2.75, 3.05) is 5.88 Å². The minimum Gasteiger partial charge on any atom is -0.122 e. The molecule has 0 saturated heterocycles. The first-order chi connectivity index (χ1) is 6.12. The van der Waals surface area contributed by atoms with Crippen LogP contribution in [-0.2, 0) is 0 Å². The van der Waals surface area contributed by atoms with Crippen molar-refractivity contribution in [2.45, 2.75) is 50.7 Å². The molecular weight excluding hydrogens is 262 g/mol. The summed E-state index contributed by atoms with van der Waals surface area (Å²) in [5.74, 6) is 0.0394. The van der Waals surface area contributed by atoms with Crippen molar-refractivity contribution in [3.63, 3.8) is 0 Å². The monoisotopic (exact) mass is 280 g/mol. The van der Waals surface area contributed by atoms with Crippen LogP contribution in [-0.4, -0.2) is 9.67 Å². The molecule has 0 aliphatic heterocycles. The fraction of sp³-hybridized carbons (Fsp3) is 1.00. The summed E-state index contributed by atoms with van der Waals surface area (Å²) in [6.45, 7) is 9.12. The van der Waals surface area contributed by atoms with Gasteiger partial charge in [-0.1, -0.05) is 75.3 Å². The molecule has 0 heterocycles. The number of unbranched alkanes of at least 4 members (excludes halogenated alkanes) is 1. The standard InChI is InChI=1S/C8H18.C2H2Cl4/c1-5-6-7-8(2,3)4;3-1-2(4,5)6/h5-7H2,1-4H3;1H2. The summed E-state index contributed by atoms with van der Waals surface area (Å²) in [7, 11) is 0. The van der Waals surface area contributed by atoms with E-state index in [0.29, 0.717) is 5.41 Å². The molecule has 0 N–H and O–H groups in total. The molecule has 0 aliphatic carbocycles. The summed E-state index contributed by atoms with van der Waals surface area (Å²) in [6, 6.07) is 0. The van der Waals surface area contributed by atoms with Crippen molar-refractivity contribution in [3.8, 4) is 0 Å². The van der Waals surface area contributed by atoms with Crippen LogP contribution in [0.5, 0.6) is 0 Å². The molecule has 0 aromatic carbocycles. The van der Waals surface area contributed by atoms with E-state index in [2.05, 4.69) is 27.7 Å². The van der Waals surface area contributed by atoms with Crippen LogP contribution in [0.15, 0.2) is 0 Å². The van der Waals surface area contributed by atoms with E-state index in [0.717, 1.165) is 0 Å².